The SMILES string of the molecule is CCN(CC)c1ccc(Nc2ccnc(N3CCN(c4ccc(OC)cc4)CC3)n2)c(C)c1. The molecule has 3 aromatic rings. The molecule has 33 heavy (non-hydrogen) atoms. The van der Waals surface area contributed by atoms with Crippen molar-refractivity contribution in [1.29, 1.82) is 0 Å². The molecule has 2 heterocycles. The van der Waals surface area contributed by atoms with Gasteiger partial charge in [-0.2, -0.15) is 4.98 Å². The van der Waals surface area contributed by atoms with Gasteiger partial charge in [-0.25, -0.2) is 4.98 Å². The number of anilines is 5. The Morgan fingerprint density at radius 3 is 2.27 bits per heavy atom. The lowest BCUT2D eigenvalue weighted by molar-refractivity contribution is 0.415. The molecule has 1 saturated heterocycles. The minimum Gasteiger partial charge on any atom is -0.497 e. The van der Waals surface area contributed by atoms with Crippen LogP contribution in [0.2, 0.25) is 0 Å². The van der Waals surface area contributed by atoms with Crippen molar-refractivity contribution in [3.05, 3.63) is 60.3 Å². The van der Waals surface area contributed by atoms with Gasteiger partial charge in [0.1, 0.15) is 11.6 Å². The number of piperazine rings is 1. The standard InChI is InChI=1S/C26H34N6O/c1-5-30(6-2)22-9-12-24(20(3)19-22)28-25-13-14-27-26(29-25)32-17-15-31(16-18-32)21-7-10-23(33-4)11-8-21/h7-14,19H,5-6,15-18H2,1-4H3,(H,27,28,29). The van der Waals surface area contributed by atoms with Crippen LogP contribution in [0.1, 0.15) is 19.4 Å². The maximum absolute atomic E-state index is 5.27. The first-order chi connectivity index (χ1) is 16.1. The van der Waals surface area contributed by atoms with Crippen LogP contribution in [0.3, 0.4) is 0 Å². The van der Waals surface area contributed by atoms with Crippen molar-refractivity contribution in [2.75, 3.05) is 66.4 Å². The summed E-state index contributed by atoms with van der Waals surface area (Å²) >= 11 is 0. The lowest BCUT2D eigenvalue weighted by atomic mass is 10.1. The summed E-state index contributed by atoms with van der Waals surface area (Å²) in [5.41, 5.74) is 4.74. The van der Waals surface area contributed by atoms with Gasteiger partial charge in [0, 0.05) is 62.5 Å². The molecule has 0 atom stereocenters. The number of hydrogen-bond donors (Lipinski definition) is 1. The highest BCUT2D eigenvalue weighted by molar-refractivity contribution is 5.65. The molecule has 0 saturated carbocycles. The molecular formula is C26H34N6O. The van der Waals surface area contributed by atoms with Gasteiger partial charge in [-0.15, -0.1) is 0 Å². The molecule has 0 bridgehead atoms. The fourth-order valence-electron chi connectivity index (χ4n) is 4.24. The second kappa shape index (κ2) is 10.4. The maximum atomic E-state index is 5.27. The first-order valence-corrected chi connectivity index (χ1v) is 11.7. The minimum absolute atomic E-state index is 0.770. The number of rotatable bonds is 8. The average molecular weight is 447 g/mol. The van der Waals surface area contributed by atoms with Gasteiger partial charge < -0.3 is 24.8 Å². The Hall–Kier alpha value is -3.48. The van der Waals surface area contributed by atoms with E-state index < -0.39 is 0 Å². The van der Waals surface area contributed by atoms with Crippen LogP contribution in [-0.2, 0) is 0 Å². The summed E-state index contributed by atoms with van der Waals surface area (Å²) in [7, 11) is 1.69. The summed E-state index contributed by atoms with van der Waals surface area (Å²) in [6, 6.07) is 16.7. The van der Waals surface area contributed by atoms with Crippen LogP contribution >= 0.6 is 0 Å². The van der Waals surface area contributed by atoms with Crippen LogP contribution in [0.5, 0.6) is 5.75 Å². The Kier molecular flexibility index (Phi) is 7.17. The fraction of sp³-hybridized carbons (Fsp3) is 0.385. The van der Waals surface area contributed by atoms with Crippen LogP contribution in [-0.4, -0.2) is 56.3 Å². The van der Waals surface area contributed by atoms with Crippen LogP contribution in [0, 0.1) is 6.92 Å². The van der Waals surface area contributed by atoms with E-state index in [2.05, 4.69) is 76.1 Å². The molecule has 4 rings (SSSR count). The van der Waals surface area contributed by atoms with Gasteiger partial charge in [-0.05, 0) is 74.9 Å². The molecule has 7 heteroatoms. The van der Waals surface area contributed by atoms with Crippen LogP contribution in [0.4, 0.5) is 28.8 Å². The van der Waals surface area contributed by atoms with Gasteiger partial charge in [-0.3, -0.25) is 0 Å². The van der Waals surface area contributed by atoms with E-state index in [1.165, 1.54) is 16.9 Å². The molecule has 0 aliphatic carbocycles. The molecule has 1 N–H and O–H groups in total. The molecular weight excluding hydrogens is 412 g/mol. The first kappa shape index (κ1) is 22.7. The lowest BCUT2D eigenvalue weighted by Gasteiger charge is -2.36. The van der Waals surface area contributed by atoms with Crippen molar-refractivity contribution in [2.24, 2.45) is 0 Å². The highest BCUT2D eigenvalue weighted by Gasteiger charge is 2.19. The summed E-state index contributed by atoms with van der Waals surface area (Å²) in [6.07, 6.45) is 1.83. The van der Waals surface area contributed by atoms with E-state index in [9.17, 15) is 0 Å². The van der Waals surface area contributed by atoms with Gasteiger partial charge in [0.05, 0.1) is 7.11 Å². The van der Waals surface area contributed by atoms with Crippen molar-refractivity contribution in [3.63, 3.8) is 0 Å². The zero-order valence-electron chi connectivity index (χ0n) is 20.1. The van der Waals surface area contributed by atoms with E-state index in [4.69, 9.17) is 9.72 Å². The second-order valence-electron chi connectivity index (χ2n) is 8.21. The van der Waals surface area contributed by atoms with Crippen molar-refractivity contribution < 1.29 is 4.74 Å². The normalized spacial score (nSPS) is 13.7. The van der Waals surface area contributed by atoms with Gasteiger partial charge >= 0.3 is 0 Å². The second-order valence-corrected chi connectivity index (χ2v) is 8.21. The van der Waals surface area contributed by atoms with E-state index in [1.54, 1.807) is 7.11 Å². The lowest BCUT2D eigenvalue weighted by Crippen LogP contribution is -2.47. The smallest absolute Gasteiger partial charge is 0.227 e. The summed E-state index contributed by atoms with van der Waals surface area (Å²) in [5.74, 6) is 2.47. The molecule has 1 aliphatic heterocycles. The predicted molar refractivity (Wildman–Crippen MR) is 137 cm³/mol. The van der Waals surface area contributed by atoms with E-state index in [-0.39, 0.29) is 0 Å². The zero-order chi connectivity index (χ0) is 23.2. The van der Waals surface area contributed by atoms with Crippen molar-refractivity contribution >= 4 is 28.8 Å². The molecule has 1 aromatic heterocycles. The molecule has 7 nitrogen and oxygen atoms in total. The number of benzene rings is 2. The Bertz CT molecular complexity index is 1040. The third-order valence-electron chi connectivity index (χ3n) is 6.24. The highest BCUT2D eigenvalue weighted by Crippen LogP contribution is 2.26. The number of ether oxygens (including phenoxy) is 1. The summed E-state index contributed by atoms with van der Waals surface area (Å²) in [4.78, 5) is 16.3. The predicted octanol–water partition coefficient (Wildman–Crippen LogP) is 4.71. The minimum atomic E-state index is 0.770. The zero-order valence-corrected chi connectivity index (χ0v) is 20.1. The quantitative estimate of drug-likeness (QED) is 0.538. The van der Waals surface area contributed by atoms with Gasteiger partial charge in [0.25, 0.3) is 0 Å². The van der Waals surface area contributed by atoms with Crippen LogP contribution in [0.25, 0.3) is 0 Å². The third-order valence-corrected chi connectivity index (χ3v) is 6.24. The molecule has 2 aromatic carbocycles. The molecule has 1 fully saturated rings. The Morgan fingerprint density at radius 2 is 1.64 bits per heavy atom. The number of aromatic nitrogens is 2. The Morgan fingerprint density at radius 1 is 0.939 bits per heavy atom. The van der Waals surface area contributed by atoms with E-state index >= 15 is 0 Å². The molecule has 0 spiro atoms. The van der Waals surface area contributed by atoms with Gasteiger partial charge in [-0.1, -0.05) is 0 Å². The molecule has 0 amide bonds. The van der Waals surface area contributed by atoms with E-state index in [0.717, 1.165) is 62.5 Å². The highest BCUT2D eigenvalue weighted by atomic mass is 16.5. The monoisotopic (exact) mass is 446 g/mol. The average Bonchev–Trinajstić information content (AvgIpc) is 2.87. The molecule has 0 radical (unpaired) electrons. The van der Waals surface area contributed by atoms with E-state index in [0.29, 0.717) is 0 Å². The first-order valence-electron chi connectivity index (χ1n) is 11.7. The number of nitrogens with zero attached hydrogens (tertiary/aromatic N) is 5. The Balaban J connectivity index is 1.40. The summed E-state index contributed by atoms with van der Waals surface area (Å²) < 4.78 is 5.27. The van der Waals surface area contributed by atoms with Crippen molar-refractivity contribution in [2.45, 2.75) is 20.8 Å². The number of hydrogen-bond acceptors (Lipinski definition) is 7. The van der Waals surface area contributed by atoms with Crippen molar-refractivity contribution in [1.82, 2.24) is 9.97 Å². The molecule has 1 aliphatic rings. The number of methoxy groups -OCH3 is 1. The third kappa shape index (κ3) is 5.30. The van der Waals surface area contributed by atoms with Gasteiger partial charge in [0.2, 0.25) is 5.95 Å². The largest absolute Gasteiger partial charge is 0.497 e. The molecule has 0 unspecified atom stereocenters. The summed E-state index contributed by atoms with van der Waals surface area (Å²) in [6.45, 7) is 12.1. The fourth-order valence-corrected chi connectivity index (χ4v) is 4.24. The molecule has 174 valence electrons. The topological polar surface area (TPSA) is 56.8 Å². The Labute approximate surface area is 197 Å². The van der Waals surface area contributed by atoms with Crippen LogP contribution in [0.15, 0.2) is 54.7 Å². The summed E-state index contributed by atoms with van der Waals surface area (Å²) in [5, 5.41) is 3.48. The maximum Gasteiger partial charge on any atom is 0.227 e. The number of nitrogens with one attached hydrogen (secondary N) is 1. The van der Waals surface area contributed by atoms with E-state index in [1.807, 2.05) is 24.4 Å². The van der Waals surface area contributed by atoms with Crippen molar-refractivity contribution in [3.8, 4) is 5.75 Å². The van der Waals surface area contributed by atoms with Crippen LogP contribution < -0.4 is 24.8 Å². The number of aryl methyl sites for hydroxylation is 1. The van der Waals surface area contributed by atoms with Gasteiger partial charge in [0.15, 0.2) is 0 Å².